The van der Waals surface area contributed by atoms with Gasteiger partial charge in [-0.25, -0.2) is 9.48 Å². The molecule has 2 aromatic heterocycles. The summed E-state index contributed by atoms with van der Waals surface area (Å²) in [5.41, 5.74) is 1.02. The number of ether oxygens (including phenoxy) is 1. The number of unbranched alkanes of at least 4 members (excludes halogenated alkanes) is 1. The number of hydrogen-bond donors (Lipinski definition) is 1. The third-order valence-electron chi connectivity index (χ3n) is 4.36. The highest BCUT2D eigenvalue weighted by Gasteiger charge is 2.21. The van der Waals surface area contributed by atoms with Crippen LogP contribution in [0, 0.1) is 0 Å². The van der Waals surface area contributed by atoms with Crippen LogP contribution in [0.4, 0.5) is 5.69 Å². The van der Waals surface area contributed by atoms with E-state index in [2.05, 4.69) is 15.4 Å². The number of pyridine rings is 1. The van der Waals surface area contributed by atoms with Crippen molar-refractivity contribution in [2.24, 2.45) is 0 Å². The van der Waals surface area contributed by atoms with Crippen molar-refractivity contribution in [2.75, 3.05) is 5.32 Å². The van der Waals surface area contributed by atoms with Crippen molar-refractivity contribution in [3.63, 3.8) is 0 Å². The molecule has 2 heterocycles. The van der Waals surface area contributed by atoms with Gasteiger partial charge in [0.1, 0.15) is 0 Å². The topological polar surface area (TPSA) is 103 Å². The van der Waals surface area contributed by atoms with E-state index in [1.165, 1.54) is 23.7 Å². The zero-order valence-electron chi connectivity index (χ0n) is 16.3. The minimum Gasteiger partial charge on any atom is -0.448 e. The lowest BCUT2D eigenvalue weighted by Crippen LogP contribution is -2.31. The smallest absolute Gasteiger partial charge is 0.359 e. The molecule has 3 rings (SSSR count). The summed E-state index contributed by atoms with van der Waals surface area (Å²) in [5, 5.41) is 7.58. The zero-order valence-corrected chi connectivity index (χ0v) is 16.3. The van der Waals surface area contributed by atoms with E-state index < -0.39 is 18.0 Å². The molecule has 150 valence electrons. The number of nitrogens with zero attached hydrogens (tertiary/aromatic N) is 3. The fourth-order valence-corrected chi connectivity index (χ4v) is 2.75. The lowest BCUT2D eigenvalue weighted by atomic mass is 10.2. The van der Waals surface area contributed by atoms with Gasteiger partial charge in [0.25, 0.3) is 11.5 Å². The van der Waals surface area contributed by atoms with E-state index in [0.717, 1.165) is 23.7 Å². The molecule has 0 fully saturated rings. The van der Waals surface area contributed by atoms with Gasteiger partial charge >= 0.3 is 5.97 Å². The number of esters is 1. The van der Waals surface area contributed by atoms with Crippen LogP contribution in [0.15, 0.2) is 53.5 Å². The molecule has 1 aromatic carbocycles. The van der Waals surface area contributed by atoms with E-state index in [1.54, 1.807) is 24.4 Å². The number of benzene rings is 1. The van der Waals surface area contributed by atoms with Gasteiger partial charge in [0.05, 0.1) is 11.2 Å². The van der Waals surface area contributed by atoms with Crippen molar-refractivity contribution in [3.8, 4) is 0 Å². The van der Waals surface area contributed by atoms with Gasteiger partial charge < -0.3 is 10.1 Å². The highest BCUT2D eigenvalue weighted by Crippen LogP contribution is 2.21. The van der Waals surface area contributed by atoms with Crippen LogP contribution in [0.3, 0.4) is 0 Å². The van der Waals surface area contributed by atoms with Gasteiger partial charge in [0.15, 0.2) is 11.8 Å². The van der Waals surface area contributed by atoms with E-state index in [1.807, 2.05) is 19.1 Å². The Labute approximate surface area is 167 Å². The molecule has 1 atom stereocenters. The van der Waals surface area contributed by atoms with Crippen LogP contribution in [-0.4, -0.2) is 32.7 Å². The lowest BCUT2D eigenvalue weighted by Gasteiger charge is -2.14. The first-order valence-corrected chi connectivity index (χ1v) is 9.43. The monoisotopic (exact) mass is 394 g/mol. The molecule has 1 unspecified atom stereocenters. The largest absolute Gasteiger partial charge is 0.448 e. The number of anilines is 1. The molecule has 0 aliphatic heterocycles. The van der Waals surface area contributed by atoms with Gasteiger partial charge in [-0.05, 0) is 43.7 Å². The number of hydrogen-bond acceptors (Lipinski definition) is 6. The molecule has 0 aliphatic carbocycles. The fraction of sp³-hybridized carbons (Fsp3) is 0.286. The third kappa shape index (κ3) is 4.84. The first kappa shape index (κ1) is 20.2. The SMILES string of the molecule is CCCCn1nc(C(=O)OC(C)C(=O)Nc2cccc3ncccc23)ccc1=O. The van der Waals surface area contributed by atoms with Crippen molar-refractivity contribution in [1.82, 2.24) is 14.8 Å². The average Bonchev–Trinajstić information content (AvgIpc) is 2.73. The number of aromatic nitrogens is 3. The molecule has 8 heteroatoms. The van der Waals surface area contributed by atoms with Crippen molar-refractivity contribution >= 4 is 28.5 Å². The van der Waals surface area contributed by atoms with Gasteiger partial charge in [0, 0.05) is 24.2 Å². The predicted octanol–water partition coefficient (Wildman–Crippen LogP) is 2.78. The zero-order chi connectivity index (χ0) is 20.8. The van der Waals surface area contributed by atoms with Crippen molar-refractivity contribution < 1.29 is 14.3 Å². The second kappa shape index (κ2) is 9.09. The standard InChI is InChI=1S/C21H22N4O4/c1-3-4-13-25-19(26)11-10-18(24-25)21(28)29-14(2)20(27)23-17-9-5-8-16-15(17)7-6-12-22-16/h5-12,14H,3-4,13H2,1-2H3,(H,23,27). The maximum Gasteiger partial charge on any atom is 0.359 e. The molecule has 1 amide bonds. The van der Waals surface area contributed by atoms with E-state index in [-0.39, 0.29) is 11.3 Å². The van der Waals surface area contributed by atoms with Crippen LogP contribution < -0.4 is 10.9 Å². The number of fused-ring (bicyclic) bond motifs is 1. The third-order valence-corrected chi connectivity index (χ3v) is 4.36. The highest BCUT2D eigenvalue weighted by molar-refractivity contribution is 6.03. The molecule has 0 radical (unpaired) electrons. The quantitative estimate of drug-likeness (QED) is 0.618. The Kier molecular flexibility index (Phi) is 6.33. The highest BCUT2D eigenvalue weighted by atomic mass is 16.5. The molecule has 0 saturated heterocycles. The second-order valence-electron chi connectivity index (χ2n) is 6.55. The Morgan fingerprint density at radius 1 is 1.17 bits per heavy atom. The van der Waals surface area contributed by atoms with E-state index in [0.29, 0.717) is 12.2 Å². The molecular formula is C21H22N4O4. The van der Waals surface area contributed by atoms with E-state index in [9.17, 15) is 14.4 Å². The summed E-state index contributed by atoms with van der Waals surface area (Å²) in [7, 11) is 0. The summed E-state index contributed by atoms with van der Waals surface area (Å²) in [5.74, 6) is -1.24. The van der Waals surface area contributed by atoms with Gasteiger partial charge in [-0.1, -0.05) is 19.4 Å². The van der Waals surface area contributed by atoms with Crippen LogP contribution in [-0.2, 0) is 16.1 Å². The van der Waals surface area contributed by atoms with Crippen LogP contribution in [0.5, 0.6) is 0 Å². The average molecular weight is 394 g/mol. The van der Waals surface area contributed by atoms with Crippen LogP contribution in [0.1, 0.15) is 37.2 Å². The summed E-state index contributed by atoms with van der Waals surface area (Å²) >= 11 is 0. The number of carbonyl (C=O) groups excluding carboxylic acids is 2. The molecule has 8 nitrogen and oxygen atoms in total. The predicted molar refractivity (Wildman–Crippen MR) is 109 cm³/mol. The summed E-state index contributed by atoms with van der Waals surface area (Å²) in [6.45, 7) is 3.89. The van der Waals surface area contributed by atoms with E-state index in [4.69, 9.17) is 4.74 Å². The Balaban J connectivity index is 1.69. The maximum absolute atomic E-state index is 12.5. The first-order chi connectivity index (χ1) is 14.0. The summed E-state index contributed by atoms with van der Waals surface area (Å²) in [6.07, 6.45) is 2.28. The molecule has 0 saturated carbocycles. The Morgan fingerprint density at radius 2 is 2.00 bits per heavy atom. The molecule has 3 aromatic rings. The number of amides is 1. The first-order valence-electron chi connectivity index (χ1n) is 9.43. The second-order valence-corrected chi connectivity index (χ2v) is 6.55. The lowest BCUT2D eigenvalue weighted by molar-refractivity contribution is -0.123. The number of rotatable bonds is 7. The Bertz CT molecular complexity index is 1090. The molecule has 29 heavy (non-hydrogen) atoms. The van der Waals surface area contributed by atoms with Crippen LogP contribution >= 0.6 is 0 Å². The summed E-state index contributed by atoms with van der Waals surface area (Å²) in [4.78, 5) is 40.9. The van der Waals surface area contributed by atoms with Gasteiger partial charge in [-0.3, -0.25) is 14.6 Å². The maximum atomic E-state index is 12.5. The number of nitrogens with one attached hydrogen (secondary N) is 1. The molecular weight excluding hydrogens is 372 g/mol. The minimum absolute atomic E-state index is 0.0188. The van der Waals surface area contributed by atoms with Gasteiger partial charge in [-0.15, -0.1) is 0 Å². The molecule has 1 N–H and O–H groups in total. The normalized spacial score (nSPS) is 11.8. The van der Waals surface area contributed by atoms with Gasteiger partial charge in [0.2, 0.25) is 0 Å². The Morgan fingerprint density at radius 3 is 2.79 bits per heavy atom. The van der Waals surface area contributed by atoms with Crippen molar-refractivity contribution in [2.45, 2.75) is 39.3 Å². The van der Waals surface area contributed by atoms with Crippen molar-refractivity contribution in [1.29, 1.82) is 0 Å². The van der Waals surface area contributed by atoms with Crippen LogP contribution in [0.2, 0.25) is 0 Å². The molecule has 0 spiro atoms. The van der Waals surface area contributed by atoms with Crippen LogP contribution in [0.25, 0.3) is 10.9 Å². The minimum atomic E-state index is -1.05. The fourth-order valence-electron chi connectivity index (χ4n) is 2.75. The van der Waals surface area contributed by atoms with Crippen molar-refractivity contribution in [3.05, 3.63) is 64.7 Å². The Hall–Kier alpha value is -3.55. The van der Waals surface area contributed by atoms with Gasteiger partial charge in [-0.2, -0.15) is 5.10 Å². The number of aryl methyl sites for hydroxylation is 1. The summed E-state index contributed by atoms with van der Waals surface area (Å²) < 4.78 is 6.47. The number of carbonyl (C=O) groups is 2. The summed E-state index contributed by atoms with van der Waals surface area (Å²) in [6, 6.07) is 11.6. The van der Waals surface area contributed by atoms with E-state index >= 15 is 0 Å². The molecule has 0 bridgehead atoms. The molecule has 0 aliphatic rings.